The van der Waals surface area contributed by atoms with Crippen molar-refractivity contribution >= 4 is 10.9 Å². The maximum Gasteiger partial charge on any atom is 0.154 e. The van der Waals surface area contributed by atoms with Crippen molar-refractivity contribution in [1.82, 2.24) is 19.7 Å². The first-order valence-corrected chi connectivity index (χ1v) is 9.07. The van der Waals surface area contributed by atoms with Crippen LogP contribution in [0.15, 0.2) is 60.8 Å². The fraction of sp³-hybridized carbons (Fsp3) is 0.227. The molecule has 0 radical (unpaired) electrons. The van der Waals surface area contributed by atoms with Crippen molar-refractivity contribution in [3.05, 3.63) is 72.2 Å². The predicted molar refractivity (Wildman–Crippen MR) is 106 cm³/mol. The second-order valence-corrected chi connectivity index (χ2v) is 6.77. The van der Waals surface area contributed by atoms with Crippen LogP contribution >= 0.6 is 0 Å². The van der Waals surface area contributed by atoms with E-state index in [0.29, 0.717) is 5.92 Å². The Morgan fingerprint density at radius 2 is 1.81 bits per heavy atom. The van der Waals surface area contributed by atoms with Crippen molar-refractivity contribution < 1.29 is 0 Å². The minimum Gasteiger partial charge on any atom is -0.253 e. The molecular weight excluding hydrogens is 320 g/mol. The van der Waals surface area contributed by atoms with Gasteiger partial charge in [-0.25, -0.2) is 9.67 Å². The summed E-state index contributed by atoms with van der Waals surface area (Å²) in [5, 5.41) is 5.66. The molecule has 0 atom stereocenters. The van der Waals surface area contributed by atoms with Gasteiger partial charge in [0, 0.05) is 22.3 Å². The Kier molecular flexibility index (Phi) is 4.25. The fourth-order valence-corrected chi connectivity index (χ4v) is 3.08. The largest absolute Gasteiger partial charge is 0.253 e. The average molecular weight is 342 g/mol. The van der Waals surface area contributed by atoms with E-state index in [-0.39, 0.29) is 0 Å². The number of aromatic nitrogens is 4. The maximum atomic E-state index is 4.78. The molecule has 0 aliphatic heterocycles. The van der Waals surface area contributed by atoms with Gasteiger partial charge in [0.2, 0.25) is 0 Å². The second kappa shape index (κ2) is 6.71. The van der Waals surface area contributed by atoms with Crippen molar-refractivity contribution in [2.45, 2.75) is 33.1 Å². The number of hydrogen-bond donors (Lipinski definition) is 0. The van der Waals surface area contributed by atoms with E-state index < -0.39 is 0 Å². The van der Waals surface area contributed by atoms with Gasteiger partial charge in [-0.3, -0.25) is 4.98 Å². The molecule has 0 saturated carbocycles. The van der Waals surface area contributed by atoms with E-state index in [1.165, 1.54) is 0 Å². The van der Waals surface area contributed by atoms with Gasteiger partial charge in [-0.15, -0.1) is 0 Å². The molecule has 0 N–H and O–H groups in total. The summed E-state index contributed by atoms with van der Waals surface area (Å²) in [6.45, 7) is 6.42. The monoisotopic (exact) mass is 342 g/mol. The molecule has 1 aromatic carbocycles. The third kappa shape index (κ3) is 2.99. The van der Waals surface area contributed by atoms with Crippen LogP contribution in [0.3, 0.4) is 0 Å². The van der Waals surface area contributed by atoms with Crippen molar-refractivity contribution in [3.63, 3.8) is 0 Å². The van der Waals surface area contributed by atoms with E-state index in [1.807, 2.05) is 23.0 Å². The molecule has 4 nitrogen and oxygen atoms in total. The Morgan fingerprint density at radius 3 is 2.62 bits per heavy atom. The molecule has 3 aromatic heterocycles. The van der Waals surface area contributed by atoms with Gasteiger partial charge in [0.25, 0.3) is 0 Å². The van der Waals surface area contributed by atoms with Crippen LogP contribution in [-0.4, -0.2) is 19.7 Å². The van der Waals surface area contributed by atoms with Gasteiger partial charge in [0.15, 0.2) is 5.82 Å². The van der Waals surface area contributed by atoms with Gasteiger partial charge >= 0.3 is 0 Å². The van der Waals surface area contributed by atoms with E-state index in [4.69, 9.17) is 9.97 Å². The Morgan fingerprint density at radius 1 is 0.962 bits per heavy atom. The highest BCUT2D eigenvalue weighted by Crippen LogP contribution is 2.25. The Balaban J connectivity index is 1.83. The lowest BCUT2D eigenvalue weighted by molar-refractivity contribution is 0.793. The van der Waals surface area contributed by atoms with Crippen molar-refractivity contribution in [2.75, 3.05) is 0 Å². The van der Waals surface area contributed by atoms with E-state index in [1.54, 1.807) is 0 Å². The van der Waals surface area contributed by atoms with E-state index in [0.717, 1.165) is 45.8 Å². The summed E-state index contributed by atoms with van der Waals surface area (Å²) in [6, 6.07) is 18.6. The van der Waals surface area contributed by atoms with Gasteiger partial charge in [0.1, 0.15) is 0 Å². The number of pyridine rings is 2. The van der Waals surface area contributed by atoms with Crippen LogP contribution in [0.5, 0.6) is 0 Å². The number of fused-ring (bicyclic) bond motifs is 1. The Hall–Kier alpha value is -3.01. The van der Waals surface area contributed by atoms with Crippen LogP contribution in [0.25, 0.3) is 28.0 Å². The first-order chi connectivity index (χ1) is 12.7. The zero-order valence-corrected chi connectivity index (χ0v) is 15.3. The highest BCUT2D eigenvalue weighted by atomic mass is 15.3. The van der Waals surface area contributed by atoms with Gasteiger partial charge in [-0.2, -0.15) is 5.10 Å². The smallest absolute Gasteiger partial charge is 0.154 e. The van der Waals surface area contributed by atoms with Crippen molar-refractivity contribution in [1.29, 1.82) is 0 Å². The van der Waals surface area contributed by atoms with Crippen LogP contribution in [0, 0.1) is 0 Å². The molecule has 0 saturated heterocycles. The molecule has 26 heavy (non-hydrogen) atoms. The maximum absolute atomic E-state index is 4.78. The zero-order chi connectivity index (χ0) is 18.1. The molecule has 0 aliphatic rings. The first-order valence-electron chi connectivity index (χ1n) is 9.07. The summed E-state index contributed by atoms with van der Waals surface area (Å²) in [6.07, 6.45) is 2.82. The van der Waals surface area contributed by atoms with E-state index in [9.17, 15) is 0 Å². The number of aryl methyl sites for hydroxylation is 1. The van der Waals surface area contributed by atoms with Gasteiger partial charge in [-0.05, 0) is 42.7 Å². The van der Waals surface area contributed by atoms with Gasteiger partial charge in [-0.1, -0.05) is 45.0 Å². The lowest BCUT2D eigenvalue weighted by Crippen LogP contribution is -2.02. The summed E-state index contributed by atoms with van der Waals surface area (Å²) in [5.41, 5.74) is 5.29. The lowest BCUT2D eigenvalue weighted by Gasteiger charge is -2.09. The first kappa shape index (κ1) is 16.5. The molecule has 4 heteroatoms. The standard InChI is InChI=1S/C22H22N4/c1-4-18-7-5-9-20(24-18)16-11-12-17-14-23-26(21(17)13-16)22-10-6-8-19(25-22)15(2)3/h5-15H,4H2,1-3H3. The quantitative estimate of drug-likeness (QED) is 0.514. The normalized spacial score (nSPS) is 11.4. The number of nitrogens with zero attached hydrogens (tertiary/aromatic N) is 4. The zero-order valence-electron chi connectivity index (χ0n) is 15.3. The highest BCUT2D eigenvalue weighted by Gasteiger charge is 2.10. The van der Waals surface area contributed by atoms with Crippen molar-refractivity contribution in [2.24, 2.45) is 0 Å². The van der Waals surface area contributed by atoms with Crippen molar-refractivity contribution in [3.8, 4) is 17.1 Å². The SMILES string of the molecule is CCc1cccc(-c2ccc3cnn(-c4cccc(C(C)C)n4)c3c2)n1. The van der Waals surface area contributed by atoms with E-state index >= 15 is 0 Å². The van der Waals surface area contributed by atoms with Crippen LogP contribution in [0.4, 0.5) is 0 Å². The topological polar surface area (TPSA) is 43.6 Å². The number of rotatable bonds is 4. The highest BCUT2D eigenvalue weighted by molar-refractivity contribution is 5.84. The molecular formula is C22H22N4. The predicted octanol–water partition coefficient (Wildman–Crippen LogP) is 5.17. The molecule has 130 valence electrons. The summed E-state index contributed by atoms with van der Waals surface area (Å²) >= 11 is 0. The molecule has 0 bridgehead atoms. The summed E-state index contributed by atoms with van der Waals surface area (Å²) in [4.78, 5) is 9.53. The summed E-state index contributed by atoms with van der Waals surface area (Å²) in [5.74, 6) is 1.23. The van der Waals surface area contributed by atoms with E-state index in [2.05, 4.69) is 68.3 Å². The average Bonchev–Trinajstić information content (AvgIpc) is 3.11. The van der Waals surface area contributed by atoms with Crippen LogP contribution in [-0.2, 0) is 6.42 Å². The molecule has 4 rings (SSSR count). The Bertz CT molecular complexity index is 1060. The number of hydrogen-bond acceptors (Lipinski definition) is 3. The third-order valence-electron chi connectivity index (χ3n) is 4.60. The minimum absolute atomic E-state index is 0.383. The number of benzene rings is 1. The lowest BCUT2D eigenvalue weighted by atomic mass is 10.1. The third-order valence-corrected chi connectivity index (χ3v) is 4.60. The van der Waals surface area contributed by atoms with Crippen LogP contribution in [0.1, 0.15) is 38.1 Å². The minimum atomic E-state index is 0.383. The summed E-state index contributed by atoms with van der Waals surface area (Å²) < 4.78 is 1.91. The molecule has 0 amide bonds. The van der Waals surface area contributed by atoms with Crippen LogP contribution < -0.4 is 0 Å². The van der Waals surface area contributed by atoms with Gasteiger partial charge < -0.3 is 0 Å². The molecule has 3 heterocycles. The second-order valence-electron chi connectivity index (χ2n) is 6.77. The molecule has 0 spiro atoms. The van der Waals surface area contributed by atoms with Gasteiger partial charge in [0.05, 0.1) is 17.4 Å². The Labute approximate surface area is 153 Å². The summed E-state index contributed by atoms with van der Waals surface area (Å²) in [7, 11) is 0. The fourth-order valence-electron chi connectivity index (χ4n) is 3.08. The molecule has 0 aliphatic carbocycles. The van der Waals surface area contributed by atoms with Crippen LogP contribution in [0.2, 0.25) is 0 Å². The molecule has 0 unspecified atom stereocenters. The molecule has 4 aromatic rings. The molecule has 0 fully saturated rings.